The minimum atomic E-state index is -3.58. The van der Waals surface area contributed by atoms with E-state index < -0.39 is 10.0 Å². The zero-order chi connectivity index (χ0) is 21.5. The molecule has 0 amide bonds. The normalized spacial score (nSPS) is 11.6. The number of aromatic nitrogens is 2. The van der Waals surface area contributed by atoms with E-state index in [1.165, 1.54) is 5.56 Å². The number of nitrogens with one attached hydrogen (secondary N) is 2. The Morgan fingerprint density at radius 1 is 0.742 bits per heavy atom. The van der Waals surface area contributed by atoms with Gasteiger partial charge in [-0.15, -0.1) is 0 Å². The van der Waals surface area contributed by atoms with Crippen LogP contribution in [0.1, 0.15) is 5.56 Å². The number of hydrogen-bond donors (Lipinski definition) is 2. The van der Waals surface area contributed by atoms with Gasteiger partial charge >= 0.3 is 0 Å². The van der Waals surface area contributed by atoms with Crippen molar-refractivity contribution in [3.8, 4) is 11.1 Å². The van der Waals surface area contributed by atoms with Crippen molar-refractivity contribution < 1.29 is 8.42 Å². The number of nitrogens with zero attached hydrogens (tertiary/aromatic N) is 2. The molecule has 0 spiro atoms. The average Bonchev–Trinajstić information content (AvgIpc) is 2.82. The van der Waals surface area contributed by atoms with Gasteiger partial charge in [0.15, 0.2) is 0 Å². The van der Waals surface area contributed by atoms with Crippen molar-refractivity contribution in [2.75, 3.05) is 19.6 Å². The Kier molecular flexibility index (Phi) is 6.66. The average molecular weight is 433 g/mol. The molecule has 0 radical (unpaired) electrons. The monoisotopic (exact) mass is 432 g/mol. The molecule has 0 saturated heterocycles. The molecule has 0 fully saturated rings. The number of fused-ring (bicyclic) bond motifs is 1. The van der Waals surface area contributed by atoms with E-state index in [1.54, 1.807) is 36.8 Å². The zero-order valence-corrected chi connectivity index (χ0v) is 17.8. The summed E-state index contributed by atoms with van der Waals surface area (Å²) in [5.74, 6) is 0. The first kappa shape index (κ1) is 21.1. The highest BCUT2D eigenvalue weighted by atomic mass is 32.2. The molecule has 0 aliphatic heterocycles. The van der Waals surface area contributed by atoms with Crippen molar-refractivity contribution in [3.05, 3.63) is 91.0 Å². The van der Waals surface area contributed by atoms with Crippen LogP contribution >= 0.6 is 0 Å². The lowest BCUT2D eigenvalue weighted by Gasteiger charge is -2.10. The van der Waals surface area contributed by atoms with Gasteiger partial charge in [-0.2, -0.15) is 0 Å². The quantitative estimate of drug-likeness (QED) is 0.396. The third-order valence-corrected chi connectivity index (χ3v) is 6.58. The Hall–Kier alpha value is -3.13. The van der Waals surface area contributed by atoms with Gasteiger partial charge in [0.1, 0.15) is 0 Å². The summed E-state index contributed by atoms with van der Waals surface area (Å²) >= 11 is 0. The molecular formula is C24H24N4O2S. The molecule has 2 aromatic heterocycles. The predicted octanol–water partition coefficient (Wildman–Crippen LogP) is 3.41. The van der Waals surface area contributed by atoms with Gasteiger partial charge in [0.25, 0.3) is 0 Å². The molecule has 31 heavy (non-hydrogen) atoms. The fraction of sp³-hybridized carbons (Fsp3) is 0.167. The van der Waals surface area contributed by atoms with Crippen LogP contribution < -0.4 is 10.0 Å². The summed E-state index contributed by atoms with van der Waals surface area (Å²) in [6.07, 6.45) is 7.76. The Morgan fingerprint density at radius 3 is 2.39 bits per heavy atom. The smallest absolute Gasteiger partial charge is 0.241 e. The fourth-order valence-corrected chi connectivity index (χ4v) is 4.69. The molecule has 0 atom stereocenters. The van der Waals surface area contributed by atoms with Crippen LogP contribution in [0.25, 0.3) is 21.9 Å². The van der Waals surface area contributed by atoms with E-state index in [0.29, 0.717) is 18.5 Å². The summed E-state index contributed by atoms with van der Waals surface area (Å²) in [5, 5.41) is 4.77. The number of benzene rings is 2. The SMILES string of the molecule is O=S(=O)(NCCNCCc1ccc(-c2cccnc2)cc1)c1cccc2cnccc12. The molecule has 2 N–H and O–H groups in total. The highest BCUT2D eigenvalue weighted by Gasteiger charge is 2.16. The molecule has 0 unspecified atom stereocenters. The standard InChI is InChI=1S/C24H24N4O2S/c29-31(30,24-5-1-3-22-18-27-14-11-23(22)24)28-16-15-25-13-10-19-6-8-20(9-7-19)21-4-2-12-26-17-21/h1-9,11-12,14,17-18,25,28H,10,13,15-16H2. The summed E-state index contributed by atoms with van der Waals surface area (Å²) in [6, 6.07) is 19.3. The molecule has 2 aromatic carbocycles. The van der Waals surface area contributed by atoms with Gasteiger partial charge in [-0.3, -0.25) is 9.97 Å². The third-order valence-electron chi connectivity index (χ3n) is 5.06. The lowest BCUT2D eigenvalue weighted by Crippen LogP contribution is -2.32. The number of rotatable bonds is 9. The Balaban J connectivity index is 1.24. The number of hydrogen-bond acceptors (Lipinski definition) is 5. The minimum absolute atomic E-state index is 0.279. The second-order valence-electron chi connectivity index (χ2n) is 7.19. The van der Waals surface area contributed by atoms with Crippen LogP contribution in [-0.4, -0.2) is 38.0 Å². The zero-order valence-electron chi connectivity index (χ0n) is 17.0. The second kappa shape index (κ2) is 9.78. The maximum Gasteiger partial charge on any atom is 0.241 e. The lowest BCUT2D eigenvalue weighted by molar-refractivity contribution is 0.577. The first-order valence-electron chi connectivity index (χ1n) is 10.2. The Labute approximate surface area is 182 Å². The van der Waals surface area contributed by atoms with Crippen LogP contribution in [0.2, 0.25) is 0 Å². The van der Waals surface area contributed by atoms with E-state index in [4.69, 9.17) is 0 Å². The minimum Gasteiger partial charge on any atom is -0.315 e. The molecule has 0 saturated carbocycles. The van der Waals surface area contributed by atoms with Crippen LogP contribution in [0.3, 0.4) is 0 Å². The van der Waals surface area contributed by atoms with Crippen LogP contribution in [0.5, 0.6) is 0 Å². The lowest BCUT2D eigenvalue weighted by atomic mass is 10.0. The summed E-state index contributed by atoms with van der Waals surface area (Å²) < 4.78 is 28.0. The molecule has 4 aromatic rings. The second-order valence-corrected chi connectivity index (χ2v) is 8.92. The van der Waals surface area contributed by atoms with E-state index in [-0.39, 0.29) is 4.90 Å². The molecule has 2 heterocycles. The predicted molar refractivity (Wildman–Crippen MR) is 123 cm³/mol. The van der Waals surface area contributed by atoms with Crippen molar-refractivity contribution in [1.29, 1.82) is 0 Å². The van der Waals surface area contributed by atoms with Crippen molar-refractivity contribution in [2.24, 2.45) is 0 Å². The van der Waals surface area contributed by atoms with Gasteiger partial charge in [-0.05, 0) is 47.9 Å². The van der Waals surface area contributed by atoms with Gasteiger partial charge in [-0.1, -0.05) is 42.5 Å². The summed E-state index contributed by atoms with van der Waals surface area (Å²) in [6.45, 7) is 1.65. The van der Waals surface area contributed by atoms with Crippen molar-refractivity contribution >= 4 is 20.8 Å². The molecule has 6 nitrogen and oxygen atoms in total. The molecular weight excluding hydrogens is 408 g/mol. The van der Waals surface area contributed by atoms with Crippen LogP contribution in [0.15, 0.2) is 90.3 Å². The molecule has 158 valence electrons. The number of pyridine rings is 2. The van der Waals surface area contributed by atoms with Crippen molar-refractivity contribution in [2.45, 2.75) is 11.3 Å². The van der Waals surface area contributed by atoms with E-state index in [9.17, 15) is 8.42 Å². The molecule has 0 bridgehead atoms. The highest BCUT2D eigenvalue weighted by molar-refractivity contribution is 7.89. The molecule has 7 heteroatoms. The van der Waals surface area contributed by atoms with Crippen molar-refractivity contribution in [1.82, 2.24) is 20.0 Å². The number of sulfonamides is 1. The fourth-order valence-electron chi connectivity index (χ4n) is 3.43. The van der Waals surface area contributed by atoms with E-state index in [0.717, 1.165) is 29.5 Å². The summed E-state index contributed by atoms with van der Waals surface area (Å²) in [5.41, 5.74) is 3.47. The van der Waals surface area contributed by atoms with Gasteiger partial charge < -0.3 is 5.32 Å². The van der Waals surface area contributed by atoms with Crippen LogP contribution in [0, 0.1) is 0 Å². The largest absolute Gasteiger partial charge is 0.315 e. The van der Waals surface area contributed by atoms with Crippen LogP contribution in [-0.2, 0) is 16.4 Å². The summed E-state index contributed by atoms with van der Waals surface area (Å²) in [4.78, 5) is 8.48. The van der Waals surface area contributed by atoms with E-state index in [2.05, 4.69) is 44.3 Å². The Bertz CT molecular complexity index is 1240. The van der Waals surface area contributed by atoms with E-state index >= 15 is 0 Å². The van der Waals surface area contributed by atoms with Gasteiger partial charge in [-0.25, -0.2) is 13.1 Å². The van der Waals surface area contributed by atoms with Gasteiger partial charge in [0.05, 0.1) is 4.90 Å². The Morgan fingerprint density at radius 2 is 1.58 bits per heavy atom. The molecule has 4 rings (SSSR count). The molecule has 0 aliphatic rings. The topological polar surface area (TPSA) is 84.0 Å². The van der Waals surface area contributed by atoms with Gasteiger partial charge in [0, 0.05) is 48.6 Å². The molecule has 0 aliphatic carbocycles. The van der Waals surface area contributed by atoms with Crippen molar-refractivity contribution in [3.63, 3.8) is 0 Å². The third kappa shape index (κ3) is 5.32. The van der Waals surface area contributed by atoms with Crippen LogP contribution in [0.4, 0.5) is 0 Å². The maximum absolute atomic E-state index is 12.7. The van der Waals surface area contributed by atoms with E-state index in [1.807, 2.05) is 24.4 Å². The first-order chi connectivity index (χ1) is 15.1. The summed E-state index contributed by atoms with van der Waals surface area (Å²) in [7, 11) is -3.58. The highest BCUT2D eigenvalue weighted by Crippen LogP contribution is 2.21. The first-order valence-corrected chi connectivity index (χ1v) is 11.6. The maximum atomic E-state index is 12.7. The van der Waals surface area contributed by atoms with Gasteiger partial charge in [0.2, 0.25) is 10.0 Å².